The zero-order valence-electron chi connectivity index (χ0n) is 11.9. The summed E-state index contributed by atoms with van der Waals surface area (Å²) < 4.78 is 11.1. The summed E-state index contributed by atoms with van der Waals surface area (Å²) >= 11 is 0. The Morgan fingerprint density at radius 1 is 1.50 bits per heavy atom. The van der Waals surface area contributed by atoms with Crippen LogP contribution in [0.2, 0.25) is 0 Å². The molecule has 1 aliphatic rings. The second-order valence-corrected chi connectivity index (χ2v) is 5.11. The molecular formula is C14H21N3O3. The lowest BCUT2D eigenvalue weighted by molar-refractivity contribution is 0.0490. The Morgan fingerprint density at radius 3 is 2.85 bits per heavy atom. The smallest absolute Gasteiger partial charge is 0.225 e. The number of rotatable bonds is 4. The second kappa shape index (κ2) is 6.56. The fourth-order valence-corrected chi connectivity index (χ4v) is 2.38. The molecule has 3 N–H and O–H groups in total. The first-order valence-electron chi connectivity index (χ1n) is 6.78. The highest BCUT2D eigenvalue weighted by molar-refractivity contribution is 6.00. The van der Waals surface area contributed by atoms with E-state index in [9.17, 15) is 0 Å². The summed E-state index contributed by atoms with van der Waals surface area (Å²) in [6, 6.07) is 1.88. The van der Waals surface area contributed by atoms with E-state index in [0.717, 1.165) is 37.3 Å². The van der Waals surface area contributed by atoms with Crippen molar-refractivity contribution in [3.05, 3.63) is 22.9 Å². The number of aryl methyl sites for hydroxylation is 2. The van der Waals surface area contributed by atoms with Crippen LogP contribution in [0.1, 0.15) is 29.7 Å². The van der Waals surface area contributed by atoms with E-state index in [1.807, 2.05) is 19.9 Å². The molecular weight excluding hydrogens is 258 g/mol. The highest BCUT2D eigenvalue weighted by atomic mass is 16.5. The van der Waals surface area contributed by atoms with E-state index in [2.05, 4.69) is 10.1 Å². The largest absolute Gasteiger partial charge is 0.477 e. The van der Waals surface area contributed by atoms with Crippen LogP contribution >= 0.6 is 0 Å². The highest BCUT2D eigenvalue weighted by Crippen LogP contribution is 2.23. The average molecular weight is 279 g/mol. The van der Waals surface area contributed by atoms with Gasteiger partial charge in [-0.2, -0.15) is 0 Å². The molecule has 6 nitrogen and oxygen atoms in total. The maximum atomic E-state index is 8.89. The monoisotopic (exact) mass is 279 g/mol. The van der Waals surface area contributed by atoms with Crippen molar-refractivity contribution in [1.29, 1.82) is 0 Å². The predicted octanol–water partition coefficient (Wildman–Crippen LogP) is 1.60. The zero-order chi connectivity index (χ0) is 14.5. The van der Waals surface area contributed by atoms with Crippen molar-refractivity contribution < 1.29 is 14.7 Å². The van der Waals surface area contributed by atoms with Crippen molar-refractivity contribution in [2.24, 2.45) is 16.8 Å². The van der Waals surface area contributed by atoms with Crippen molar-refractivity contribution >= 4 is 5.84 Å². The highest BCUT2D eigenvalue weighted by Gasteiger charge is 2.18. The first-order valence-corrected chi connectivity index (χ1v) is 6.78. The lowest BCUT2D eigenvalue weighted by atomic mass is 10.0. The van der Waals surface area contributed by atoms with E-state index in [-0.39, 0.29) is 5.84 Å². The lowest BCUT2D eigenvalue weighted by Gasteiger charge is -2.22. The minimum absolute atomic E-state index is 0.0250. The molecule has 0 saturated carbocycles. The number of ether oxygens (including phenoxy) is 2. The van der Waals surface area contributed by atoms with Crippen LogP contribution in [0, 0.1) is 19.8 Å². The van der Waals surface area contributed by atoms with Crippen LogP contribution in [-0.2, 0) is 4.74 Å². The van der Waals surface area contributed by atoms with E-state index in [1.54, 1.807) is 0 Å². The van der Waals surface area contributed by atoms with Crippen LogP contribution in [-0.4, -0.2) is 35.8 Å². The molecule has 0 bridgehead atoms. The Hall–Kier alpha value is -1.82. The number of hydrogen-bond donors (Lipinski definition) is 2. The Kier molecular flexibility index (Phi) is 4.79. The molecule has 2 heterocycles. The molecule has 0 spiro atoms. The molecule has 1 aromatic heterocycles. The Bertz CT molecular complexity index is 497. The zero-order valence-corrected chi connectivity index (χ0v) is 11.9. The van der Waals surface area contributed by atoms with Crippen LogP contribution in [0.4, 0.5) is 0 Å². The fraction of sp³-hybridized carbons (Fsp3) is 0.571. The Labute approximate surface area is 118 Å². The number of hydrogen-bond acceptors (Lipinski definition) is 5. The van der Waals surface area contributed by atoms with Gasteiger partial charge in [0.2, 0.25) is 5.88 Å². The van der Waals surface area contributed by atoms with Crippen molar-refractivity contribution in [1.82, 2.24) is 4.98 Å². The van der Waals surface area contributed by atoms with Crippen molar-refractivity contribution in [2.45, 2.75) is 26.7 Å². The maximum Gasteiger partial charge on any atom is 0.225 e. The standard InChI is InChI=1S/C14H21N3O3/c1-9-7-10(2)16-14(12(9)13(15)17-18)20-8-11-3-5-19-6-4-11/h7,11,18H,3-6,8H2,1-2H3,(H2,15,17). The molecule has 20 heavy (non-hydrogen) atoms. The molecule has 2 rings (SSSR count). The molecule has 1 saturated heterocycles. The summed E-state index contributed by atoms with van der Waals surface area (Å²) in [5.74, 6) is 0.924. The molecule has 1 aromatic rings. The number of nitrogens with two attached hydrogens (primary N) is 1. The summed E-state index contributed by atoms with van der Waals surface area (Å²) in [5, 5.41) is 11.9. The van der Waals surface area contributed by atoms with E-state index < -0.39 is 0 Å². The van der Waals surface area contributed by atoms with Gasteiger partial charge in [0.15, 0.2) is 5.84 Å². The SMILES string of the molecule is Cc1cc(C)c(C(N)=NO)c(OCC2CCOCC2)n1. The minimum atomic E-state index is 0.0250. The molecule has 0 aliphatic carbocycles. The van der Waals surface area contributed by atoms with Gasteiger partial charge >= 0.3 is 0 Å². The molecule has 6 heteroatoms. The van der Waals surface area contributed by atoms with Gasteiger partial charge in [-0.05, 0) is 44.2 Å². The third-order valence-electron chi connectivity index (χ3n) is 3.47. The van der Waals surface area contributed by atoms with E-state index in [4.69, 9.17) is 20.4 Å². The number of nitrogens with zero attached hydrogens (tertiary/aromatic N) is 2. The second-order valence-electron chi connectivity index (χ2n) is 5.11. The summed E-state index contributed by atoms with van der Waals surface area (Å²) in [6.45, 7) is 5.92. The van der Waals surface area contributed by atoms with Gasteiger partial charge in [-0.15, -0.1) is 0 Å². The van der Waals surface area contributed by atoms with E-state index >= 15 is 0 Å². The quantitative estimate of drug-likeness (QED) is 0.378. The normalized spacial score (nSPS) is 17.2. The summed E-state index contributed by atoms with van der Waals surface area (Å²) in [6.07, 6.45) is 1.98. The van der Waals surface area contributed by atoms with Gasteiger partial charge in [-0.3, -0.25) is 0 Å². The summed E-state index contributed by atoms with van der Waals surface area (Å²) in [7, 11) is 0. The van der Waals surface area contributed by atoms with Crippen molar-refractivity contribution in [2.75, 3.05) is 19.8 Å². The lowest BCUT2D eigenvalue weighted by Crippen LogP contribution is -2.23. The van der Waals surface area contributed by atoms with Gasteiger partial charge in [-0.25, -0.2) is 4.98 Å². The van der Waals surface area contributed by atoms with Gasteiger partial charge in [0.1, 0.15) is 0 Å². The molecule has 0 atom stereocenters. The number of pyridine rings is 1. The van der Waals surface area contributed by atoms with Crippen LogP contribution in [0.3, 0.4) is 0 Å². The molecule has 0 radical (unpaired) electrons. The molecule has 0 amide bonds. The van der Waals surface area contributed by atoms with Crippen LogP contribution in [0.15, 0.2) is 11.2 Å². The van der Waals surface area contributed by atoms with Gasteiger partial charge < -0.3 is 20.4 Å². The minimum Gasteiger partial charge on any atom is -0.477 e. The average Bonchev–Trinajstić information content (AvgIpc) is 2.45. The predicted molar refractivity (Wildman–Crippen MR) is 75.3 cm³/mol. The molecule has 0 unspecified atom stereocenters. The first kappa shape index (κ1) is 14.6. The molecule has 0 aromatic carbocycles. The van der Waals surface area contributed by atoms with Crippen LogP contribution < -0.4 is 10.5 Å². The van der Waals surface area contributed by atoms with E-state index in [1.165, 1.54) is 0 Å². The fourth-order valence-electron chi connectivity index (χ4n) is 2.38. The number of oxime groups is 1. The maximum absolute atomic E-state index is 8.89. The number of amidine groups is 1. The topological polar surface area (TPSA) is 90.0 Å². The van der Waals surface area contributed by atoms with Gasteiger partial charge in [0.25, 0.3) is 0 Å². The third-order valence-corrected chi connectivity index (χ3v) is 3.47. The molecule has 1 aliphatic heterocycles. The van der Waals surface area contributed by atoms with Gasteiger partial charge in [-0.1, -0.05) is 5.16 Å². The number of aromatic nitrogens is 1. The molecule has 1 fully saturated rings. The van der Waals surface area contributed by atoms with Gasteiger partial charge in [0.05, 0.1) is 12.2 Å². The van der Waals surface area contributed by atoms with Crippen LogP contribution in [0.5, 0.6) is 5.88 Å². The Morgan fingerprint density at radius 2 is 2.20 bits per heavy atom. The van der Waals surface area contributed by atoms with E-state index in [0.29, 0.717) is 24.0 Å². The van der Waals surface area contributed by atoms with Crippen molar-refractivity contribution in [3.8, 4) is 5.88 Å². The third kappa shape index (κ3) is 3.39. The summed E-state index contributed by atoms with van der Waals surface area (Å²) in [4.78, 5) is 4.36. The van der Waals surface area contributed by atoms with Gasteiger partial charge in [0, 0.05) is 18.9 Å². The molecule has 110 valence electrons. The van der Waals surface area contributed by atoms with Crippen molar-refractivity contribution in [3.63, 3.8) is 0 Å². The first-order chi connectivity index (χ1) is 9.61. The summed E-state index contributed by atoms with van der Waals surface area (Å²) in [5.41, 5.74) is 8.01. The van der Waals surface area contributed by atoms with Crippen LogP contribution in [0.25, 0.3) is 0 Å². The Balaban J connectivity index is 2.16.